The lowest BCUT2D eigenvalue weighted by Gasteiger charge is -2.24. The van der Waals surface area contributed by atoms with E-state index in [4.69, 9.17) is 5.73 Å². The Morgan fingerprint density at radius 1 is 1.67 bits per heavy atom. The van der Waals surface area contributed by atoms with Crippen LogP contribution < -0.4 is 5.73 Å². The second kappa shape index (κ2) is 3.73. The molecule has 0 aliphatic carbocycles. The summed E-state index contributed by atoms with van der Waals surface area (Å²) in [6, 6.07) is 0.518. The predicted molar refractivity (Wildman–Crippen MR) is 49.9 cm³/mol. The molecule has 0 spiro atoms. The molecule has 2 atom stereocenters. The highest BCUT2D eigenvalue weighted by molar-refractivity contribution is 4.88. The summed E-state index contributed by atoms with van der Waals surface area (Å²) in [5.74, 6) is 0. The number of β-amino-alcohol motifs (C(OH)–C–C–N with tert-alkyl or cyclic N) is 1. The van der Waals surface area contributed by atoms with E-state index in [1.165, 1.54) is 0 Å². The highest BCUT2D eigenvalue weighted by atomic mass is 16.3. The second-order valence-corrected chi connectivity index (χ2v) is 4.14. The minimum Gasteiger partial charge on any atom is -0.389 e. The summed E-state index contributed by atoms with van der Waals surface area (Å²) in [4.78, 5) is 2.31. The largest absolute Gasteiger partial charge is 0.389 e. The molecule has 1 heterocycles. The van der Waals surface area contributed by atoms with Gasteiger partial charge in [-0.1, -0.05) is 0 Å². The van der Waals surface area contributed by atoms with Crippen molar-refractivity contribution in [3.63, 3.8) is 0 Å². The molecular formula is C9H20N2O. The number of nitrogens with zero attached hydrogens (tertiary/aromatic N) is 1. The van der Waals surface area contributed by atoms with Crippen LogP contribution in [0.3, 0.4) is 0 Å². The Balaban J connectivity index is 2.36. The SMILES string of the molecule is CC(CCN)N1CCC(C)(O)C1. The van der Waals surface area contributed by atoms with Crippen molar-refractivity contribution in [3.05, 3.63) is 0 Å². The number of likely N-dealkylation sites (tertiary alicyclic amines) is 1. The lowest BCUT2D eigenvalue weighted by Crippen LogP contribution is -2.36. The van der Waals surface area contributed by atoms with Gasteiger partial charge in [-0.15, -0.1) is 0 Å². The fourth-order valence-electron chi connectivity index (χ4n) is 1.78. The maximum absolute atomic E-state index is 9.71. The van der Waals surface area contributed by atoms with E-state index in [0.717, 1.165) is 32.5 Å². The van der Waals surface area contributed by atoms with Crippen LogP contribution >= 0.6 is 0 Å². The number of nitrogens with two attached hydrogens (primary N) is 1. The summed E-state index contributed by atoms with van der Waals surface area (Å²) in [6.45, 7) is 6.62. The van der Waals surface area contributed by atoms with Gasteiger partial charge in [0.05, 0.1) is 5.60 Å². The van der Waals surface area contributed by atoms with Crippen molar-refractivity contribution in [1.29, 1.82) is 0 Å². The highest BCUT2D eigenvalue weighted by Gasteiger charge is 2.32. The molecular weight excluding hydrogens is 152 g/mol. The van der Waals surface area contributed by atoms with Crippen LogP contribution in [0.25, 0.3) is 0 Å². The fourth-order valence-corrected chi connectivity index (χ4v) is 1.78. The Labute approximate surface area is 74.5 Å². The summed E-state index contributed by atoms with van der Waals surface area (Å²) in [5, 5.41) is 9.71. The van der Waals surface area contributed by atoms with Crippen LogP contribution in [0, 0.1) is 0 Å². The van der Waals surface area contributed by atoms with E-state index in [1.54, 1.807) is 0 Å². The lowest BCUT2D eigenvalue weighted by atomic mass is 10.1. The van der Waals surface area contributed by atoms with Gasteiger partial charge in [-0.3, -0.25) is 4.90 Å². The molecule has 12 heavy (non-hydrogen) atoms. The van der Waals surface area contributed by atoms with E-state index >= 15 is 0 Å². The molecule has 1 aliphatic rings. The third-order valence-electron chi connectivity index (χ3n) is 2.69. The van der Waals surface area contributed by atoms with Crippen LogP contribution in [0.4, 0.5) is 0 Å². The number of hydrogen-bond acceptors (Lipinski definition) is 3. The van der Waals surface area contributed by atoms with Gasteiger partial charge in [-0.25, -0.2) is 0 Å². The van der Waals surface area contributed by atoms with Gasteiger partial charge in [0, 0.05) is 19.1 Å². The molecule has 1 rings (SSSR count). The third-order valence-corrected chi connectivity index (χ3v) is 2.69. The van der Waals surface area contributed by atoms with Gasteiger partial charge < -0.3 is 10.8 Å². The fraction of sp³-hybridized carbons (Fsp3) is 1.00. The molecule has 0 radical (unpaired) electrons. The minimum absolute atomic E-state index is 0.469. The summed E-state index contributed by atoms with van der Waals surface area (Å²) >= 11 is 0. The van der Waals surface area contributed by atoms with Crippen molar-refractivity contribution >= 4 is 0 Å². The maximum Gasteiger partial charge on any atom is 0.0758 e. The monoisotopic (exact) mass is 172 g/mol. The lowest BCUT2D eigenvalue weighted by molar-refractivity contribution is 0.0629. The quantitative estimate of drug-likeness (QED) is 0.638. The molecule has 0 saturated carbocycles. The van der Waals surface area contributed by atoms with E-state index in [-0.39, 0.29) is 0 Å². The first kappa shape index (κ1) is 9.96. The van der Waals surface area contributed by atoms with Crippen molar-refractivity contribution in [2.24, 2.45) is 5.73 Å². The molecule has 3 heteroatoms. The van der Waals surface area contributed by atoms with E-state index in [1.807, 2.05) is 6.92 Å². The Morgan fingerprint density at radius 2 is 2.33 bits per heavy atom. The van der Waals surface area contributed by atoms with Crippen molar-refractivity contribution < 1.29 is 5.11 Å². The van der Waals surface area contributed by atoms with Gasteiger partial charge in [0.2, 0.25) is 0 Å². The Bertz CT molecular complexity index is 147. The summed E-state index contributed by atoms with van der Waals surface area (Å²) in [6.07, 6.45) is 1.91. The first-order chi connectivity index (χ1) is 5.55. The maximum atomic E-state index is 9.71. The van der Waals surface area contributed by atoms with Crippen molar-refractivity contribution in [1.82, 2.24) is 4.90 Å². The van der Waals surface area contributed by atoms with Crippen molar-refractivity contribution in [3.8, 4) is 0 Å². The van der Waals surface area contributed by atoms with E-state index in [2.05, 4.69) is 11.8 Å². The molecule has 0 bridgehead atoms. The van der Waals surface area contributed by atoms with E-state index in [9.17, 15) is 5.11 Å². The van der Waals surface area contributed by atoms with Gasteiger partial charge in [-0.2, -0.15) is 0 Å². The average molecular weight is 172 g/mol. The summed E-state index contributed by atoms with van der Waals surface area (Å²) in [5.41, 5.74) is 5.01. The molecule has 1 fully saturated rings. The minimum atomic E-state index is -0.469. The highest BCUT2D eigenvalue weighted by Crippen LogP contribution is 2.22. The van der Waals surface area contributed by atoms with E-state index in [0.29, 0.717) is 6.04 Å². The smallest absolute Gasteiger partial charge is 0.0758 e. The molecule has 1 aliphatic heterocycles. The van der Waals surface area contributed by atoms with Gasteiger partial charge in [0.1, 0.15) is 0 Å². The van der Waals surface area contributed by atoms with Gasteiger partial charge in [0.15, 0.2) is 0 Å². The Kier molecular flexibility index (Phi) is 3.09. The van der Waals surface area contributed by atoms with Gasteiger partial charge in [-0.05, 0) is 33.2 Å². The number of hydrogen-bond donors (Lipinski definition) is 2. The normalized spacial score (nSPS) is 34.0. The molecule has 0 aromatic heterocycles. The zero-order chi connectivity index (χ0) is 9.19. The molecule has 72 valence electrons. The van der Waals surface area contributed by atoms with E-state index < -0.39 is 5.60 Å². The van der Waals surface area contributed by atoms with Crippen LogP contribution in [0.5, 0.6) is 0 Å². The van der Waals surface area contributed by atoms with Crippen LogP contribution in [0.1, 0.15) is 26.7 Å². The predicted octanol–water partition coefficient (Wildman–Crippen LogP) is 0.180. The van der Waals surface area contributed by atoms with Crippen LogP contribution in [-0.2, 0) is 0 Å². The van der Waals surface area contributed by atoms with Gasteiger partial charge >= 0.3 is 0 Å². The Hall–Kier alpha value is -0.120. The third kappa shape index (κ3) is 2.44. The van der Waals surface area contributed by atoms with Crippen molar-refractivity contribution in [2.75, 3.05) is 19.6 Å². The first-order valence-electron chi connectivity index (χ1n) is 4.72. The van der Waals surface area contributed by atoms with Crippen LogP contribution in [0.2, 0.25) is 0 Å². The number of aliphatic hydroxyl groups is 1. The molecule has 0 aromatic rings. The van der Waals surface area contributed by atoms with Gasteiger partial charge in [0.25, 0.3) is 0 Å². The summed E-state index contributed by atoms with van der Waals surface area (Å²) in [7, 11) is 0. The zero-order valence-corrected chi connectivity index (χ0v) is 8.08. The molecule has 0 amide bonds. The standard InChI is InChI=1S/C9H20N2O/c1-8(3-5-10)11-6-4-9(2,12)7-11/h8,12H,3-7,10H2,1-2H3. The molecule has 3 N–H and O–H groups in total. The Morgan fingerprint density at radius 3 is 2.75 bits per heavy atom. The molecule has 2 unspecified atom stereocenters. The zero-order valence-electron chi connectivity index (χ0n) is 8.08. The van der Waals surface area contributed by atoms with Crippen LogP contribution in [-0.4, -0.2) is 41.3 Å². The summed E-state index contributed by atoms with van der Waals surface area (Å²) < 4.78 is 0. The number of rotatable bonds is 3. The van der Waals surface area contributed by atoms with Crippen LogP contribution in [0.15, 0.2) is 0 Å². The first-order valence-corrected chi connectivity index (χ1v) is 4.72. The molecule has 0 aromatic carbocycles. The average Bonchev–Trinajstić information content (AvgIpc) is 2.31. The topological polar surface area (TPSA) is 49.5 Å². The second-order valence-electron chi connectivity index (χ2n) is 4.14. The molecule has 1 saturated heterocycles. The molecule has 3 nitrogen and oxygen atoms in total. The van der Waals surface area contributed by atoms with Crippen molar-refractivity contribution in [2.45, 2.75) is 38.3 Å².